The summed E-state index contributed by atoms with van der Waals surface area (Å²) in [6.45, 7) is 1.45. The Kier molecular flexibility index (Phi) is 3.47. The van der Waals surface area contributed by atoms with Crippen LogP contribution in [-0.4, -0.2) is 18.6 Å². The number of fused-ring (bicyclic) bond motifs is 4. The zero-order valence-electron chi connectivity index (χ0n) is 18.0. The van der Waals surface area contributed by atoms with Crippen molar-refractivity contribution in [2.24, 2.45) is 23.7 Å². The first-order valence-electron chi connectivity index (χ1n) is 11.6. The summed E-state index contributed by atoms with van der Waals surface area (Å²) in [6, 6.07) is 14.5. The van der Waals surface area contributed by atoms with Gasteiger partial charge in [0, 0.05) is 30.8 Å². The van der Waals surface area contributed by atoms with E-state index in [2.05, 4.69) is 35.2 Å². The Labute approximate surface area is 182 Å². The predicted octanol–water partition coefficient (Wildman–Crippen LogP) is 5.09. The fraction of sp³-hybridized carbons (Fsp3) is 0.500. The van der Waals surface area contributed by atoms with Crippen molar-refractivity contribution in [1.29, 1.82) is 0 Å². The summed E-state index contributed by atoms with van der Waals surface area (Å²) in [4.78, 5) is 26.7. The van der Waals surface area contributed by atoms with E-state index in [4.69, 9.17) is 14.5 Å². The normalized spacial score (nSPS) is 38.7. The molecule has 2 aromatic carbocycles. The molecule has 31 heavy (non-hydrogen) atoms. The van der Waals surface area contributed by atoms with E-state index in [9.17, 15) is 4.79 Å². The third-order valence-corrected chi connectivity index (χ3v) is 8.82. The minimum absolute atomic E-state index is 0.315. The van der Waals surface area contributed by atoms with Gasteiger partial charge in [-0.05, 0) is 67.9 Å². The summed E-state index contributed by atoms with van der Waals surface area (Å²) in [7, 11) is 2.04. The molecule has 6 aliphatic rings. The Morgan fingerprint density at radius 2 is 1.61 bits per heavy atom. The van der Waals surface area contributed by atoms with E-state index in [0.29, 0.717) is 17.6 Å². The van der Waals surface area contributed by atoms with Crippen molar-refractivity contribution in [3.63, 3.8) is 0 Å². The van der Waals surface area contributed by atoms with Gasteiger partial charge in [-0.15, -0.1) is 0 Å². The third-order valence-electron chi connectivity index (χ3n) is 8.82. The van der Waals surface area contributed by atoms with E-state index < -0.39 is 5.60 Å². The molecule has 0 N–H and O–H groups in total. The lowest BCUT2D eigenvalue weighted by Crippen LogP contribution is -2.76. The monoisotopic (exact) mass is 417 g/mol. The Morgan fingerprint density at radius 3 is 2.26 bits per heavy atom. The topological polar surface area (TPSA) is 48.0 Å². The number of carbonyl (C=O) groups is 1. The zero-order valence-corrected chi connectivity index (χ0v) is 18.0. The fourth-order valence-electron chi connectivity index (χ4n) is 8.05. The Balaban J connectivity index is 1.50. The van der Waals surface area contributed by atoms with Gasteiger partial charge < -0.3 is 9.64 Å². The fourth-order valence-corrected chi connectivity index (χ4v) is 8.05. The number of carbonyl (C=O) groups excluding carboxylic acids is 1. The van der Waals surface area contributed by atoms with Gasteiger partial charge in [0.05, 0.1) is 5.69 Å². The van der Waals surface area contributed by atoms with Crippen LogP contribution in [0.25, 0.3) is 0 Å². The maximum absolute atomic E-state index is 11.9. The van der Waals surface area contributed by atoms with Gasteiger partial charge in [0.1, 0.15) is 5.60 Å². The lowest BCUT2D eigenvalue weighted by molar-refractivity contribution is -0.583. The summed E-state index contributed by atoms with van der Waals surface area (Å²) < 4.78 is 5.68. The lowest BCUT2D eigenvalue weighted by Gasteiger charge is -2.70. The van der Waals surface area contributed by atoms with Crippen molar-refractivity contribution in [2.45, 2.75) is 50.2 Å². The minimum Gasteiger partial charge on any atom is -0.424 e. The predicted molar refractivity (Wildman–Crippen MR) is 115 cm³/mol. The minimum atomic E-state index is -0.662. The van der Waals surface area contributed by atoms with E-state index in [1.54, 1.807) is 0 Å². The molecule has 1 atom stereocenters. The molecule has 8 rings (SSSR count). The molecule has 4 aliphatic carbocycles. The molecule has 160 valence electrons. The molecule has 4 saturated carbocycles. The molecule has 5 heteroatoms. The molecule has 2 spiro atoms. The van der Waals surface area contributed by atoms with Gasteiger partial charge in [0.2, 0.25) is 0 Å². The maximum atomic E-state index is 11.9. The standard InChI is InChI=1S/C26H27NO4/c1-15(28)29-23-9-5-7-21-24(23)27(2)22-8-4-3-6-20(22)26(21)25(30-31-26)18-11-16-10-17(13-18)14-19(25)12-16/h3-9,16-19H,10-14H2,1-2H3. The van der Waals surface area contributed by atoms with E-state index in [0.717, 1.165) is 28.8 Å². The molecule has 0 radical (unpaired) electrons. The average molecular weight is 418 g/mol. The molecule has 2 aliphatic heterocycles. The Hall–Kier alpha value is -2.37. The molecule has 0 aromatic heterocycles. The van der Waals surface area contributed by atoms with Crippen LogP contribution < -0.4 is 9.64 Å². The van der Waals surface area contributed by atoms with Crippen LogP contribution >= 0.6 is 0 Å². The third kappa shape index (κ3) is 2.03. The number of hydrogen-bond acceptors (Lipinski definition) is 5. The largest absolute Gasteiger partial charge is 0.424 e. The summed E-state index contributed by atoms with van der Waals surface area (Å²) in [5, 5.41) is 0. The summed E-state index contributed by atoms with van der Waals surface area (Å²) >= 11 is 0. The molecular formula is C26H27NO4. The SMILES string of the molecule is CC(=O)Oc1cccc2c1N(C)c1ccccc1C21OOC12C1CC3CC(C1)CC2C3. The molecule has 1 unspecified atom stereocenters. The van der Waals surface area contributed by atoms with Gasteiger partial charge in [-0.2, -0.15) is 0 Å². The van der Waals surface area contributed by atoms with Gasteiger partial charge in [0.15, 0.2) is 11.4 Å². The van der Waals surface area contributed by atoms with Crippen molar-refractivity contribution in [2.75, 3.05) is 11.9 Å². The number of para-hydroxylation sites is 2. The molecular weight excluding hydrogens is 390 g/mol. The second kappa shape index (κ2) is 5.90. The Morgan fingerprint density at radius 1 is 0.935 bits per heavy atom. The van der Waals surface area contributed by atoms with E-state index in [1.807, 2.05) is 19.2 Å². The summed E-state index contributed by atoms with van der Waals surface area (Å²) in [5.41, 5.74) is 3.22. The number of hydrogen-bond donors (Lipinski definition) is 0. The van der Waals surface area contributed by atoms with Crippen molar-refractivity contribution >= 4 is 17.3 Å². The maximum Gasteiger partial charge on any atom is 0.308 e. The first-order valence-corrected chi connectivity index (χ1v) is 11.6. The number of nitrogens with zero attached hydrogens (tertiary/aromatic N) is 1. The number of anilines is 2. The highest BCUT2D eigenvalue weighted by Gasteiger charge is 2.77. The highest BCUT2D eigenvalue weighted by molar-refractivity contribution is 5.84. The average Bonchev–Trinajstić information content (AvgIpc) is 2.72. The number of rotatable bonds is 1. The summed E-state index contributed by atoms with van der Waals surface area (Å²) in [5.74, 6) is 2.93. The zero-order chi connectivity index (χ0) is 21.0. The number of esters is 1. The van der Waals surface area contributed by atoms with E-state index in [-0.39, 0.29) is 11.6 Å². The van der Waals surface area contributed by atoms with Gasteiger partial charge in [-0.3, -0.25) is 4.79 Å². The first-order chi connectivity index (χ1) is 15.0. The molecule has 4 bridgehead atoms. The van der Waals surface area contributed by atoms with Gasteiger partial charge in [-0.25, -0.2) is 9.78 Å². The smallest absolute Gasteiger partial charge is 0.308 e. The van der Waals surface area contributed by atoms with E-state index >= 15 is 0 Å². The van der Waals surface area contributed by atoms with Crippen molar-refractivity contribution in [1.82, 2.24) is 0 Å². The van der Waals surface area contributed by atoms with Gasteiger partial charge in [-0.1, -0.05) is 30.3 Å². The number of benzene rings is 2. The quantitative estimate of drug-likeness (QED) is 0.367. The van der Waals surface area contributed by atoms with E-state index in [1.165, 1.54) is 44.6 Å². The Bertz CT molecular complexity index is 1080. The molecule has 2 heterocycles. The highest BCUT2D eigenvalue weighted by atomic mass is 17.3. The van der Waals surface area contributed by atoms with Crippen LogP contribution in [0.15, 0.2) is 42.5 Å². The lowest BCUT2D eigenvalue weighted by atomic mass is 9.44. The summed E-state index contributed by atoms with van der Waals surface area (Å²) in [6.07, 6.45) is 6.32. The van der Waals surface area contributed by atoms with Crippen LogP contribution in [0.2, 0.25) is 0 Å². The molecule has 2 aromatic rings. The highest BCUT2D eigenvalue weighted by Crippen LogP contribution is 2.73. The van der Waals surface area contributed by atoms with Crippen LogP contribution in [0, 0.1) is 23.7 Å². The van der Waals surface area contributed by atoms with Gasteiger partial charge >= 0.3 is 5.97 Å². The van der Waals surface area contributed by atoms with Gasteiger partial charge in [0.25, 0.3) is 0 Å². The van der Waals surface area contributed by atoms with Crippen LogP contribution in [0.5, 0.6) is 5.75 Å². The van der Waals surface area contributed by atoms with Crippen molar-refractivity contribution < 1.29 is 19.3 Å². The van der Waals surface area contributed by atoms with Crippen LogP contribution in [0.1, 0.15) is 50.2 Å². The molecule has 1 saturated heterocycles. The molecule has 5 nitrogen and oxygen atoms in total. The molecule has 5 fully saturated rings. The molecule has 0 amide bonds. The first kappa shape index (κ1) is 18.2. The van der Waals surface area contributed by atoms with Crippen LogP contribution in [0.3, 0.4) is 0 Å². The van der Waals surface area contributed by atoms with Crippen molar-refractivity contribution in [3.8, 4) is 5.75 Å². The number of ether oxygens (including phenoxy) is 1. The second-order valence-corrected chi connectivity index (χ2v) is 10.3. The van der Waals surface area contributed by atoms with Crippen molar-refractivity contribution in [3.05, 3.63) is 53.6 Å². The van der Waals surface area contributed by atoms with Crippen LogP contribution in [-0.2, 0) is 20.2 Å². The van der Waals surface area contributed by atoms with Crippen LogP contribution in [0.4, 0.5) is 11.4 Å². The second-order valence-electron chi connectivity index (χ2n) is 10.3.